The Labute approximate surface area is 106 Å². The summed E-state index contributed by atoms with van der Waals surface area (Å²) in [6.45, 7) is 0. The van der Waals surface area contributed by atoms with Crippen molar-refractivity contribution < 1.29 is 0 Å². The maximum atomic E-state index is 4.49. The maximum absolute atomic E-state index is 4.49. The molecule has 0 bridgehead atoms. The van der Waals surface area contributed by atoms with Crippen LogP contribution < -0.4 is 5.32 Å². The Morgan fingerprint density at radius 2 is 2.12 bits per heavy atom. The Morgan fingerprint density at radius 1 is 1.31 bits per heavy atom. The van der Waals surface area contributed by atoms with E-state index in [9.17, 15) is 0 Å². The molecule has 82 valence electrons. The van der Waals surface area contributed by atoms with Crippen molar-refractivity contribution in [2.45, 2.75) is 18.9 Å². The summed E-state index contributed by atoms with van der Waals surface area (Å²) in [7, 11) is 0. The number of hydrogen-bond acceptors (Lipinski definition) is 4. The molecule has 1 fully saturated rings. The van der Waals surface area contributed by atoms with E-state index in [4.69, 9.17) is 0 Å². The fourth-order valence-electron chi connectivity index (χ4n) is 1.44. The minimum atomic E-state index is 0.625. The lowest BCUT2D eigenvalue weighted by molar-refractivity contribution is 1.14. The molecule has 2 aromatic rings. The summed E-state index contributed by atoms with van der Waals surface area (Å²) in [5.74, 6) is 0.792. The van der Waals surface area contributed by atoms with E-state index in [1.165, 1.54) is 24.4 Å². The molecule has 0 radical (unpaired) electrons. The lowest BCUT2D eigenvalue weighted by atomic mass is 10.2. The summed E-state index contributed by atoms with van der Waals surface area (Å²) in [6.07, 6.45) is 2.51. The van der Waals surface area contributed by atoms with Crippen molar-refractivity contribution in [3.63, 3.8) is 0 Å². The molecule has 0 spiro atoms. The molecule has 3 rings (SSSR count). The Balaban J connectivity index is 1.88. The largest absolute Gasteiger partial charge is 0.358 e. The SMILES string of the molecule is Brc1ccccc1-c1nsc(NC2CC2)n1. The van der Waals surface area contributed by atoms with Crippen molar-refractivity contribution in [3.05, 3.63) is 28.7 Å². The molecule has 1 heterocycles. The third-order valence-electron chi connectivity index (χ3n) is 2.45. The quantitative estimate of drug-likeness (QED) is 0.941. The van der Waals surface area contributed by atoms with Crippen LogP contribution in [0.5, 0.6) is 0 Å². The number of anilines is 1. The second-order valence-electron chi connectivity index (χ2n) is 3.82. The number of aromatic nitrogens is 2. The third kappa shape index (κ3) is 2.10. The van der Waals surface area contributed by atoms with E-state index in [2.05, 4.69) is 30.6 Å². The predicted molar refractivity (Wildman–Crippen MR) is 69.7 cm³/mol. The summed E-state index contributed by atoms with van der Waals surface area (Å²) in [6, 6.07) is 8.63. The molecular weight excluding hydrogens is 286 g/mol. The second-order valence-corrected chi connectivity index (χ2v) is 5.43. The van der Waals surface area contributed by atoms with Crippen molar-refractivity contribution in [2.24, 2.45) is 0 Å². The van der Waals surface area contributed by atoms with Gasteiger partial charge in [0.05, 0.1) is 0 Å². The first-order chi connectivity index (χ1) is 7.83. The number of nitrogens with one attached hydrogen (secondary N) is 1. The van der Waals surface area contributed by atoms with Crippen LogP contribution >= 0.6 is 27.5 Å². The van der Waals surface area contributed by atoms with E-state index in [1.54, 1.807) is 0 Å². The van der Waals surface area contributed by atoms with Crippen LogP contribution in [0.3, 0.4) is 0 Å². The van der Waals surface area contributed by atoms with Gasteiger partial charge in [-0.3, -0.25) is 0 Å². The Kier molecular flexibility index (Phi) is 2.65. The van der Waals surface area contributed by atoms with Gasteiger partial charge in [-0.25, -0.2) is 0 Å². The topological polar surface area (TPSA) is 37.8 Å². The summed E-state index contributed by atoms with van der Waals surface area (Å²) in [5, 5.41) is 4.28. The molecule has 1 aliphatic carbocycles. The fourth-order valence-corrected chi connectivity index (χ4v) is 2.56. The van der Waals surface area contributed by atoms with Crippen LogP contribution in [0.1, 0.15) is 12.8 Å². The summed E-state index contributed by atoms with van der Waals surface area (Å²) in [4.78, 5) is 4.49. The molecule has 0 aliphatic heterocycles. The molecule has 0 unspecified atom stereocenters. The summed E-state index contributed by atoms with van der Waals surface area (Å²) in [5.41, 5.74) is 1.04. The fraction of sp³-hybridized carbons (Fsp3) is 0.273. The first kappa shape index (κ1) is 10.2. The van der Waals surface area contributed by atoms with Gasteiger partial charge >= 0.3 is 0 Å². The van der Waals surface area contributed by atoms with Crippen LogP contribution in [-0.4, -0.2) is 15.4 Å². The molecule has 1 saturated carbocycles. The van der Waals surface area contributed by atoms with Gasteiger partial charge in [0.15, 0.2) is 5.82 Å². The highest BCUT2D eigenvalue weighted by molar-refractivity contribution is 9.10. The second kappa shape index (κ2) is 4.14. The maximum Gasteiger partial charge on any atom is 0.203 e. The third-order valence-corrected chi connectivity index (χ3v) is 3.78. The zero-order valence-corrected chi connectivity index (χ0v) is 10.9. The van der Waals surface area contributed by atoms with Gasteiger partial charge in [-0.15, -0.1) is 0 Å². The van der Waals surface area contributed by atoms with E-state index in [0.29, 0.717) is 6.04 Å². The van der Waals surface area contributed by atoms with Crippen LogP contribution in [0.25, 0.3) is 11.4 Å². The Bertz CT molecular complexity index is 507. The normalized spacial score (nSPS) is 15.1. The molecule has 16 heavy (non-hydrogen) atoms. The van der Waals surface area contributed by atoms with Crippen molar-refractivity contribution in [1.82, 2.24) is 9.36 Å². The molecule has 0 amide bonds. The van der Waals surface area contributed by atoms with Crippen molar-refractivity contribution in [3.8, 4) is 11.4 Å². The number of halogens is 1. The first-order valence-electron chi connectivity index (χ1n) is 5.18. The molecule has 5 heteroatoms. The van der Waals surface area contributed by atoms with Crippen LogP contribution in [0.2, 0.25) is 0 Å². The van der Waals surface area contributed by atoms with E-state index < -0.39 is 0 Å². The number of nitrogens with zero attached hydrogens (tertiary/aromatic N) is 2. The van der Waals surface area contributed by atoms with Crippen LogP contribution in [0.4, 0.5) is 5.13 Å². The lowest BCUT2D eigenvalue weighted by Crippen LogP contribution is -1.99. The van der Waals surface area contributed by atoms with Crippen molar-refractivity contribution in [2.75, 3.05) is 5.32 Å². The average Bonchev–Trinajstić information content (AvgIpc) is 2.97. The van der Waals surface area contributed by atoms with Gasteiger partial charge < -0.3 is 5.32 Å². The van der Waals surface area contributed by atoms with Crippen molar-refractivity contribution >= 4 is 32.6 Å². The van der Waals surface area contributed by atoms with Gasteiger partial charge in [0.25, 0.3) is 0 Å². The van der Waals surface area contributed by atoms with Gasteiger partial charge in [0.2, 0.25) is 5.13 Å². The molecule has 1 N–H and O–H groups in total. The number of benzene rings is 1. The summed E-state index contributed by atoms with van der Waals surface area (Å²) < 4.78 is 5.40. The Hall–Kier alpha value is -0.940. The molecule has 0 atom stereocenters. The molecule has 3 nitrogen and oxygen atoms in total. The highest BCUT2D eigenvalue weighted by Gasteiger charge is 2.22. The van der Waals surface area contributed by atoms with Gasteiger partial charge in [-0.2, -0.15) is 9.36 Å². The lowest BCUT2D eigenvalue weighted by Gasteiger charge is -1.98. The van der Waals surface area contributed by atoms with Crippen LogP contribution in [-0.2, 0) is 0 Å². The highest BCUT2D eigenvalue weighted by atomic mass is 79.9. The zero-order chi connectivity index (χ0) is 11.0. The van der Waals surface area contributed by atoms with Gasteiger partial charge in [0.1, 0.15) is 0 Å². The smallest absolute Gasteiger partial charge is 0.203 e. The first-order valence-corrected chi connectivity index (χ1v) is 6.75. The standard InChI is InChI=1S/C11H10BrN3S/c12-9-4-2-1-3-8(9)10-14-11(16-15-10)13-7-5-6-7/h1-4,7H,5-6H2,(H,13,14,15). The molecule has 1 aromatic carbocycles. The minimum absolute atomic E-state index is 0.625. The molecule has 1 aliphatic rings. The number of rotatable bonds is 3. The molecule has 1 aromatic heterocycles. The minimum Gasteiger partial charge on any atom is -0.358 e. The van der Waals surface area contributed by atoms with E-state index in [0.717, 1.165) is 21.0 Å². The predicted octanol–water partition coefficient (Wildman–Crippen LogP) is 3.54. The number of hydrogen-bond donors (Lipinski definition) is 1. The average molecular weight is 296 g/mol. The molecule has 0 saturated heterocycles. The van der Waals surface area contributed by atoms with E-state index in [-0.39, 0.29) is 0 Å². The van der Waals surface area contributed by atoms with Gasteiger partial charge in [-0.05, 0) is 18.9 Å². The Morgan fingerprint density at radius 3 is 2.88 bits per heavy atom. The van der Waals surface area contributed by atoms with Crippen LogP contribution in [0.15, 0.2) is 28.7 Å². The van der Waals surface area contributed by atoms with Crippen molar-refractivity contribution in [1.29, 1.82) is 0 Å². The highest BCUT2D eigenvalue weighted by Crippen LogP contribution is 2.30. The molecular formula is C11H10BrN3S. The monoisotopic (exact) mass is 295 g/mol. The van der Waals surface area contributed by atoms with E-state index >= 15 is 0 Å². The van der Waals surface area contributed by atoms with Gasteiger partial charge in [0, 0.05) is 27.6 Å². The zero-order valence-electron chi connectivity index (χ0n) is 8.48. The van der Waals surface area contributed by atoms with E-state index in [1.807, 2.05) is 24.3 Å². The van der Waals surface area contributed by atoms with Crippen LogP contribution in [0, 0.1) is 0 Å². The summed E-state index contributed by atoms with van der Waals surface area (Å²) >= 11 is 4.94. The van der Waals surface area contributed by atoms with Gasteiger partial charge in [-0.1, -0.05) is 34.1 Å².